The van der Waals surface area contributed by atoms with Gasteiger partial charge < -0.3 is 0 Å². The third-order valence-corrected chi connectivity index (χ3v) is 1.14. The van der Waals surface area contributed by atoms with E-state index in [0.717, 1.165) is 12.1 Å². The van der Waals surface area contributed by atoms with Crippen LogP contribution in [0.2, 0.25) is 0 Å². The standard InChI is InChI=1S/C6H13N3/c1-5(2)6(3)9-8-4-7/h4-5H,1-3H3,(H2,7,8)/b9-6+. The number of hydrogen-bond donors (Lipinski definition) is 2. The minimum atomic E-state index is 0.456. The molecule has 3 heteroatoms. The molecule has 0 aromatic carbocycles. The van der Waals surface area contributed by atoms with E-state index in [1.807, 2.05) is 6.92 Å². The van der Waals surface area contributed by atoms with Gasteiger partial charge in [-0.2, -0.15) is 5.10 Å². The summed E-state index contributed by atoms with van der Waals surface area (Å²) in [5, 5.41) is 10.5. The smallest absolute Gasteiger partial charge is 0.0998 e. The van der Waals surface area contributed by atoms with Gasteiger partial charge in [-0.05, 0) is 12.8 Å². The molecule has 0 saturated carbocycles. The molecule has 52 valence electrons. The predicted octanol–water partition coefficient (Wildman–Crippen LogP) is 1.21. The lowest BCUT2D eigenvalue weighted by atomic mass is 10.1. The highest BCUT2D eigenvalue weighted by atomic mass is 15.3. The van der Waals surface area contributed by atoms with E-state index >= 15 is 0 Å². The van der Waals surface area contributed by atoms with E-state index in [4.69, 9.17) is 5.41 Å². The van der Waals surface area contributed by atoms with E-state index in [1.54, 1.807) is 0 Å². The van der Waals surface area contributed by atoms with Gasteiger partial charge in [-0.25, -0.2) is 0 Å². The Labute approximate surface area is 55.7 Å². The topological polar surface area (TPSA) is 48.2 Å². The van der Waals surface area contributed by atoms with Crippen molar-refractivity contribution in [1.82, 2.24) is 5.43 Å². The van der Waals surface area contributed by atoms with Gasteiger partial charge in [0.1, 0.15) is 0 Å². The number of nitrogens with one attached hydrogen (secondary N) is 2. The van der Waals surface area contributed by atoms with Crippen molar-refractivity contribution in [3.8, 4) is 0 Å². The quantitative estimate of drug-likeness (QED) is 0.334. The van der Waals surface area contributed by atoms with E-state index in [0.29, 0.717) is 5.92 Å². The third kappa shape index (κ3) is 3.70. The van der Waals surface area contributed by atoms with Crippen molar-refractivity contribution in [2.75, 3.05) is 0 Å². The molecule has 0 bridgehead atoms. The lowest BCUT2D eigenvalue weighted by Gasteiger charge is -2.00. The molecule has 0 rings (SSSR count). The largest absolute Gasteiger partial charge is 0.290 e. The van der Waals surface area contributed by atoms with Crippen LogP contribution in [-0.4, -0.2) is 12.1 Å². The van der Waals surface area contributed by atoms with Gasteiger partial charge in [0.05, 0.1) is 6.34 Å². The molecule has 0 saturated heterocycles. The molecule has 9 heavy (non-hydrogen) atoms. The summed E-state index contributed by atoms with van der Waals surface area (Å²) in [7, 11) is 0. The second-order valence-corrected chi connectivity index (χ2v) is 2.18. The van der Waals surface area contributed by atoms with E-state index in [9.17, 15) is 0 Å². The number of rotatable bonds is 3. The molecule has 0 spiro atoms. The Morgan fingerprint density at radius 3 is 2.56 bits per heavy atom. The van der Waals surface area contributed by atoms with E-state index in [2.05, 4.69) is 24.4 Å². The fraction of sp³-hybridized carbons (Fsp3) is 0.667. The van der Waals surface area contributed by atoms with Gasteiger partial charge in [0.15, 0.2) is 0 Å². The summed E-state index contributed by atoms with van der Waals surface area (Å²) < 4.78 is 0. The minimum Gasteiger partial charge on any atom is -0.290 e. The van der Waals surface area contributed by atoms with Gasteiger partial charge in [-0.1, -0.05) is 13.8 Å². The first-order valence-electron chi connectivity index (χ1n) is 2.97. The van der Waals surface area contributed by atoms with Crippen LogP contribution in [0.4, 0.5) is 0 Å². The predicted molar refractivity (Wildman–Crippen MR) is 39.9 cm³/mol. The maximum Gasteiger partial charge on any atom is 0.0998 e. The summed E-state index contributed by atoms with van der Waals surface area (Å²) in [6.45, 7) is 6.05. The Balaban J connectivity index is 3.68. The van der Waals surface area contributed by atoms with Crippen LogP contribution in [0, 0.1) is 11.3 Å². The molecule has 0 aromatic heterocycles. The molecule has 0 unspecified atom stereocenters. The summed E-state index contributed by atoms with van der Waals surface area (Å²) in [6.07, 6.45) is 1.06. The van der Waals surface area contributed by atoms with Crippen LogP contribution in [0.15, 0.2) is 5.10 Å². The molecule has 0 atom stereocenters. The number of hydrogen-bond acceptors (Lipinski definition) is 2. The molecule has 0 aromatic rings. The van der Waals surface area contributed by atoms with Crippen molar-refractivity contribution < 1.29 is 0 Å². The van der Waals surface area contributed by atoms with E-state index in [1.165, 1.54) is 0 Å². The molecule has 3 nitrogen and oxygen atoms in total. The van der Waals surface area contributed by atoms with Crippen LogP contribution >= 0.6 is 0 Å². The second-order valence-electron chi connectivity index (χ2n) is 2.18. The maximum absolute atomic E-state index is 6.59. The van der Waals surface area contributed by atoms with Gasteiger partial charge in [0, 0.05) is 5.71 Å². The average Bonchev–Trinajstić information content (AvgIpc) is 1.82. The molecule has 0 radical (unpaired) electrons. The highest BCUT2D eigenvalue weighted by Gasteiger charge is 1.94. The second kappa shape index (κ2) is 4.06. The Bertz CT molecular complexity index is 115. The zero-order valence-electron chi connectivity index (χ0n) is 6.10. The highest BCUT2D eigenvalue weighted by Crippen LogP contribution is 1.93. The van der Waals surface area contributed by atoms with Crippen LogP contribution in [0.1, 0.15) is 20.8 Å². The zero-order valence-corrected chi connectivity index (χ0v) is 6.10. The molecular weight excluding hydrogens is 114 g/mol. The molecule has 0 aliphatic rings. The van der Waals surface area contributed by atoms with Crippen molar-refractivity contribution in [3.63, 3.8) is 0 Å². The molecule has 0 aliphatic carbocycles. The first kappa shape index (κ1) is 8.14. The zero-order chi connectivity index (χ0) is 7.28. The molecule has 2 N–H and O–H groups in total. The Morgan fingerprint density at radius 1 is 1.67 bits per heavy atom. The molecule has 0 amide bonds. The van der Waals surface area contributed by atoms with Crippen molar-refractivity contribution >= 4 is 12.1 Å². The Morgan fingerprint density at radius 2 is 2.22 bits per heavy atom. The molecule has 0 fully saturated rings. The minimum absolute atomic E-state index is 0.456. The summed E-state index contributed by atoms with van der Waals surface area (Å²) >= 11 is 0. The lowest BCUT2D eigenvalue weighted by Crippen LogP contribution is -2.09. The van der Waals surface area contributed by atoms with Gasteiger partial charge in [0.25, 0.3) is 0 Å². The fourth-order valence-corrected chi connectivity index (χ4v) is 0.263. The van der Waals surface area contributed by atoms with E-state index < -0.39 is 0 Å². The van der Waals surface area contributed by atoms with E-state index in [-0.39, 0.29) is 0 Å². The summed E-state index contributed by atoms with van der Waals surface area (Å²) in [4.78, 5) is 0. The molecular formula is C6H13N3. The Kier molecular flexibility index (Phi) is 3.67. The SMILES string of the molecule is C/C(=N\NC=N)C(C)C. The molecule has 0 heterocycles. The summed E-state index contributed by atoms with van der Waals surface area (Å²) in [6, 6.07) is 0. The number of hydrazone groups is 1. The van der Waals surface area contributed by atoms with Gasteiger partial charge in [-0.15, -0.1) is 0 Å². The van der Waals surface area contributed by atoms with Crippen molar-refractivity contribution in [2.24, 2.45) is 11.0 Å². The van der Waals surface area contributed by atoms with Gasteiger partial charge >= 0.3 is 0 Å². The summed E-state index contributed by atoms with van der Waals surface area (Å²) in [5.74, 6) is 0.456. The monoisotopic (exact) mass is 127 g/mol. The molecule has 0 aliphatic heterocycles. The van der Waals surface area contributed by atoms with Crippen LogP contribution in [0.5, 0.6) is 0 Å². The maximum atomic E-state index is 6.59. The van der Waals surface area contributed by atoms with Crippen molar-refractivity contribution in [1.29, 1.82) is 5.41 Å². The third-order valence-electron chi connectivity index (χ3n) is 1.14. The average molecular weight is 127 g/mol. The van der Waals surface area contributed by atoms with Gasteiger partial charge in [-0.3, -0.25) is 10.8 Å². The van der Waals surface area contributed by atoms with Crippen LogP contribution in [-0.2, 0) is 0 Å². The number of nitrogens with zero attached hydrogens (tertiary/aromatic N) is 1. The van der Waals surface area contributed by atoms with Crippen molar-refractivity contribution in [3.05, 3.63) is 0 Å². The van der Waals surface area contributed by atoms with Crippen molar-refractivity contribution in [2.45, 2.75) is 20.8 Å². The Hall–Kier alpha value is -0.860. The lowest BCUT2D eigenvalue weighted by molar-refractivity contribution is 0.855. The summed E-state index contributed by atoms with van der Waals surface area (Å²) in [5.41, 5.74) is 3.47. The fourth-order valence-electron chi connectivity index (χ4n) is 0.263. The first-order chi connectivity index (χ1) is 4.18. The van der Waals surface area contributed by atoms with Crippen LogP contribution in [0.3, 0.4) is 0 Å². The van der Waals surface area contributed by atoms with Gasteiger partial charge in [0.2, 0.25) is 0 Å². The first-order valence-corrected chi connectivity index (χ1v) is 2.97. The normalized spacial score (nSPS) is 11.8. The van der Waals surface area contributed by atoms with Crippen LogP contribution < -0.4 is 5.43 Å². The highest BCUT2D eigenvalue weighted by molar-refractivity contribution is 5.84. The van der Waals surface area contributed by atoms with Crippen LogP contribution in [0.25, 0.3) is 0 Å².